The number of rotatable bonds is 8. The van der Waals surface area contributed by atoms with Crippen LogP contribution in [0.2, 0.25) is 0 Å². The molecule has 26 heavy (non-hydrogen) atoms. The minimum Gasteiger partial charge on any atom is -0.481 e. The van der Waals surface area contributed by atoms with Crippen LogP contribution in [0.1, 0.15) is 39.3 Å². The molecule has 0 fully saturated rings. The minimum absolute atomic E-state index is 0.0361. The fraction of sp³-hybridized carbons (Fsp3) is 0.263. The predicted molar refractivity (Wildman–Crippen MR) is 95.9 cm³/mol. The Hall–Kier alpha value is -3.22. The van der Waals surface area contributed by atoms with E-state index < -0.39 is 5.97 Å². The van der Waals surface area contributed by atoms with Gasteiger partial charge in [-0.2, -0.15) is 0 Å². The average Bonchev–Trinajstić information content (AvgIpc) is 2.66. The second-order valence-corrected chi connectivity index (χ2v) is 5.80. The lowest BCUT2D eigenvalue weighted by Gasteiger charge is -2.18. The molecule has 0 bridgehead atoms. The Morgan fingerprint density at radius 2 is 1.81 bits per heavy atom. The highest BCUT2D eigenvalue weighted by Gasteiger charge is 2.16. The van der Waals surface area contributed by atoms with Crippen molar-refractivity contribution in [1.82, 2.24) is 15.6 Å². The van der Waals surface area contributed by atoms with E-state index in [1.54, 1.807) is 0 Å². The van der Waals surface area contributed by atoms with Gasteiger partial charge < -0.3 is 15.7 Å². The van der Waals surface area contributed by atoms with E-state index in [-0.39, 0.29) is 30.0 Å². The first-order valence-corrected chi connectivity index (χ1v) is 8.24. The van der Waals surface area contributed by atoms with Crippen molar-refractivity contribution in [3.8, 4) is 0 Å². The number of amides is 2. The molecular formula is C19H21N3O4. The van der Waals surface area contributed by atoms with E-state index in [0.717, 1.165) is 5.56 Å². The van der Waals surface area contributed by atoms with Gasteiger partial charge in [0.2, 0.25) is 0 Å². The largest absolute Gasteiger partial charge is 0.481 e. The molecule has 0 radical (unpaired) electrons. The monoisotopic (exact) mass is 355 g/mol. The number of hydrogen-bond donors (Lipinski definition) is 3. The van der Waals surface area contributed by atoms with Crippen LogP contribution in [0.25, 0.3) is 0 Å². The van der Waals surface area contributed by atoms with Gasteiger partial charge in [0.15, 0.2) is 0 Å². The number of benzene rings is 1. The Kier molecular flexibility index (Phi) is 6.84. The third-order valence-electron chi connectivity index (χ3n) is 3.85. The fourth-order valence-corrected chi connectivity index (χ4v) is 2.48. The van der Waals surface area contributed by atoms with Crippen molar-refractivity contribution in [1.29, 1.82) is 0 Å². The molecular weight excluding hydrogens is 334 g/mol. The zero-order chi connectivity index (χ0) is 18.9. The van der Waals surface area contributed by atoms with Crippen molar-refractivity contribution in [3.05, 3.63) is 65.5 Å². The van der Waals surface area contributed by atoms with E-state index in [2.05, 4.69) is 15.6 Å². The van der Waals surface area contributed by atoms with Gasteiger partial charge >= 0.3 is 5.97 Å². The highest BCUT2D eigenvalue weighted by Crippen LogP contribution is 2.09. The Morgan fingerprint density at radius 3 is 2.38 bits per heavy atom. The molecule has 136 valence electrons. The highest BCUT2D eigenvalue weighted by atomic mass is 16.4. The third-order valence-corrected chi connectivity index (χ3v) is 3.85. The van der Waals surface area contributed by atoms with Gasteiger partial charge in [-0.25, -0.2) is 0 Å². The first-order valence-electron chi connectivity index (χ1n) is 8.24. The van der Waals surface area contributed by atoms with Gasteiger partial charge in [-0.3, -0.25) is 19.4 Å². The van der Waals surface area contributed by atoms with Gasteiger partial charge in [-0.15, -0.1) is 0 Å². The SMILES string of the molecule is CNC(=O)c1ccc(C(=O)NC(CCC(=O)O)Cc2ccccc2)cn1. The molecule has 1 aromatic carbocycles. The number of hydrogen-bond acceptors (Lipinski definition) is 4. The lowest BCUT2D eigenvalue weighted by atomic mass is 10.0. The minimum atomic E-state index is -0.908. The molecule has 0 saturated carbocycles. The summed E-state index contributed by atoms with van der Waals surface area (Å²) in [4.78, 5) is 38.8. The first kappa shape index (κ1) is 19.1. The van der Waals surface area contributed by atoms with Gasteiger partial charge in [0.1, 0.15) is 5.69 Å². The molecule has 0 aliphatic rings. The predicted octanol–water partition coefficient (Wildman–Crippen LogP) is 1.65. The van der Waals surface area contributed by atoms with Crippen LogP contribution in [0.4, 0.5) is 0 Å². The summed E-state index contributed by atoms with van der Waals surface area (Å²) in [6, 6.07) is 12.2. The van der Waals surface area contributed by atoms with Crippen LogP contribution in [-0.4, -0.2) is 41.0 Å². The second kappa shape index (κ2) is 9.31. The maximum Gasteiger partial charge on any atom is 0.303 e. The van der Waals surface area contributed by atoms with Crippen LogP contribution >= 0.6 is 0 Å². The lowest BCUT2D eigenvalue weighted by molar-refractivity contribution is -0.137. The third kappa shape index (κ3) is 5.70. The van der Waals surface area contributed by atoms with Crippen LogP contribution < -0.4 is 10.6 Å². The molecule has 0 aliphatic carbocycles. The first-order chi connectivity index (χ1) is 12.5. The van der Waals surface area contributed by atoms with E-state index >= 15 is 0 Å². The van der Waals surface area contributed by atoms with Crippen LogP contribution in [0.3, 0.4) is 0 Å². The van der Waals surface area contributed by atoms with Crippen molar-refractivity contribution in [2.24, 2.45) is 0 Å². The van der Waals surface area contributed by atoms with Gasteiger partial charge in [-0.1, -0.05) is 30.3 Å². The van der Waals surface area contributed by atoms with Gasteiger partial charge in [0, 0.05) is 25.7 Å². The van der Waals surface area contributed by atoms with Crippen LogP contribution in [0, 0.1) is 0 Å². The lowest BCUT2D eigenvalue weighted by Crippen LogP contribution is -2.37. The number of pyridine rings is 1. The van der Waals surface area contributed by atoms with Crippen LogP contribution in [0.15, 0.2) is 48.7 Å². The Labute approximate surface area is 151 Å². The summed E-state index contributed by atoms with van der Waals surface area (Å²) in [6.45, 7) is 0. The Bertz CT molecular complexity index is 760. The smallest absolute Gasteiger partial charge is 0.303 e. The van der Waals surface area contributed by atoms with Crippen molar-refractivity contribution in [3.63, 3.8) is 0 Å². The molecule has 1 atom stereocenters. The summed E-state index contributed by atoms with van der Waals surface area (Å²) >= 11 is 0. The van der Waals surface area contributed by atoms with E-state index in [9.17, 15) is 14.4 Å². The summed E-state index contributed by atoms with van der Waals surface area (Å²) in [6.07, 6.45) is 2.14. The van der Waals surface area contributed by atoms with Crippen molar-refractivity contribution < 1.29 is 19.5 Å². The maximum absolute atomic E-state index is 12.4. The molecule has 1 heterocycles. The number of nitrogens with one attached hydrogen (secondary N) is 2. The zero-order valence-corrected chi connectivity index (χ0v) is 14.4. The van der Waals surface area contributed by atoms with Crippen molar-refractivity contribution in [2.75, 3.05) is 7.05 Å². The van der Waals surface area contributed by atoms with Gasteiger partial charge in [0.25, 0.3) is 11.8 Å². The number of aromatic nitrogens is 1. The average molecular weight is 355 g/mol. The molecule has 2 amide bonds. The van der Waals surface area contributed by atoms with Gasteiger partial charge in [-0.05, 0) is 30.5 Å². The molecule has 3 N–H and O–H groups in total. The molecule has 2 aromatic rings. The second-order valence-electron chi connectivity index (χ2n) is 5.80. The Morgan fingerprint density at radius 1 is 1.08 bits per heavy atom. The van der Waals surface area contributed by atoms with Gasteiger partial charge in [0.05, 0.1) is 5.56 Å². The molecule has 1 unspecified atom stereocenters. The molecule has 1 aromatic heterocycles. The number of aliphatic carboxylic acids is 1. The molecule has 7 nitrogen and oxygen atoms in total. The maximum atomic E-state index is 12.4. The van der Waals surface area contributed by atoms with Crippen molar-refractivity contribution in [2.45, 2.75) is 25.3 Å². The highest BCUT2D eigenvalue weighted by molar-refractivity contribution is 5.96. The molecule has 0 saturated heterocycles. The summed E-state index contributed by atoms with van der Waals surface area (Å²) in [5, 5.41) is 14.2. The molecule has 7 heteroatoms. The van der Waals surface area contributed by atoms with E-state index in [1.807, 2.05) is 30.3 Å². The summed E-state index contributed by atoms with van der Waals surface area (Å²) < 4.78 is 0. The van der Waals surface area contributed by atoms with E-state index in [0.29, 0.717) is 18.4 Å². The normalized spacial score (nSPS) is 11.4. The fourth-order valence-electron chi connectivity index (χ4n) is 2.48. The van der Waals surface area contributed by atoms with Crippen molar-refractivity contribution >= 4 is 17.8 Å². The summed E-state index contributed by atoms with van der Waals surface area (Å²) in [5.41, 5.74) is 1.54. The summed E-state index contributed by atoms with van der Waals surface area (Å²) in [5.74, 6) is -1.60. The van der Waals surface area contributed by atoms with Crippen LogP contribution in [0.5, 0.6) is 0 Å². The number of carbonyl (C=O) groups is 3. The number of carboxylic acid groups (broad SMARTS) is 1. The number of carbonyl (C=O) groups excluding carboxylic acids is 2. The number of nitrogens with zero attached hydrogens (tertiary/aromatic N) is 1. The van der Waals surface area contributed by atoms with E-state index in [4.69, 9.17) is 5.11 Å². The molecule has 0 aliphatic heterocycles. The Balaban J connectivity index is 2.06. The molecule has 0 spiro atoms. The zero-order valence-electron chi connectivity index (χ0n) is 14.4. The topological polar surface area (TPSA) is 108 Å². The summed E-state index contributed by atoms with van der Waals surface area (Å²) in [7, 11) is 1.50. The van der Waals surface area contributed by atoms with E-state index in [1.165, 1.54) is 25.4 Å². The van der Waals surface area contributed by atoms with Crippen LogP contribution in [-0.2, 0) is 11.2 Å². The number of carboxylic acids is 1. The standard InChI is InChI=1S/C19H21N3O4/c1-20-19(26)16-9-7-14(12-21-16)18(25)22-15(8-10-17(23)24)11-13-5-3-2-4-6-13/h2-7,9,12,15H,8,10-11H2,1H3,(H,20,26)(H,22,25)(H,23,24). The molecule has 2 rings (SSSR count). The quantitative estimate of drug-likeness (QED) is 0.667.